The minimum absolute atomic E-state index is 0.439. The van der Waals surface area contributed by atoms with E-state index in [-0.39, 0.29) is 0 Å². The molecular formula is C19H23N5OS+2. The number of aromatic nitrogens is 3. The summed E-state index contributed by atoms with van der Waals surface area (Å²) < 4.78 is 7.52. The van der Waals surface area contributed by atoms with E-state index in [9.17, 15) is 0 Å². The number of nitrogens with zero attached hydrogens (tertiary/aromatic N) is 3. The van der Waals surface area contributed by atoms with Crippen LogP contribution >= 0.6 is 12.2 Å². The second-order valence-electron chi connectivity index (χ2n) is 6.69. The molecular weight excluding hydrogens is 346 g/mol. The average molecular weight is 369 g/mol. The zero-order valence-corrected chi connectivity index (χ0v) is 15.6. The van der Waals surface area contributed by atoms with E-state index in [1.165, 1.54) is 16.2 Å². The van der Waals surface area contributed by atoms with E-state index < -0.39 is 0 Å². The van der Waals surface area contributed by atoms with Crippen molar-refractivity contribution in [2.75, 3.05) is 31.1 Å². The summed E-state index contributed by atoms with van der Waals surface area (Å²) in [6, 6.07) is 12.4. The molecule has 0 bridgehead atoms. The standard InChI is InChI=1S/C19H21N5OS/c1-15-2-4-16(5-3-15)18-21-24(19(26)25-18)14-22-10-12-23(13-11-22)17-6-8-20-9-7-17/h2-9H,10-14H2,1H3/p+2. The quantitative estimate of drug-likeness (QED) is 0.706. The van der Waals surface area contributed by atoms with E-state index in [4.69, 9.17) is 16.6 Å². The summed E-state index contributed by atoms with van der Waals surface area (Å²) in [5, 5.41) is 4.59. The van der Waals surface area contributed by atoms with Gasteiger partial charge in [-0.25, -0.2) is 4.98 Å². The minimum atomic E-state index is 0.439. The zero-order valence-electron chi connectivity index (χ0n) is 14.8. The van der Waals surface area contributed by atoms with Crippen LogP contribution in [-0.4, -0.2) is 36.0 Å². The maximum absolute atomic E-state index is 5.71. The van der Waals surface area contributed by atoms with Crippen LogP contribution in [0.15, 0.2) is 53.2 Å². The van der Waals surface area contributed by atoms with Crippen LogP contribution in [0.4, 0.5) is 5.69 Å². The second kappa shape index (κ2) is 7.39. The van der Waals surface area contributed by atoms with E-state index in [2.05, 4.69) is 46.2 Å². The largest absolute Gasteiger partial charge is 0.409 e. The van der Waals surface area contributed by atoms with E-state index in [1.807, 2.05) is 29.2 Å². The second-order valence-corrected chi connectivity index (χ2v) is 7.04. The monoisotopic (exact) mass is 369 g/mol. The number of quaternary nitrogens is 1. The highest BCUT2D eigenvalue weighted by molar-refractivity contribution is 7.71. The summed E-state index contributed by atoms with van der Waals surface area (Å²) in [7, 11) is 0. The molecule has 7 heteroatoms. The van der Waals surface area contributed by atoms with E-state index in [0.29, 0.717) is 10.7 Å². The van der Waals surface area contributed by atoms with Crippen molar-refractivity contribution in [2.24, 2.45) is 0 Å². The lowest BCUT2D eigenvalue weighted by atomic mass is 10.1. The van der Waals surface area contributed by atoms with Gasteiger partial charge in [0, 0.05) is 23.4 Å². The van der Waals surface area contributed by atoms with Crippen LogP contribution in [-0.2, 0) is 6.67 Å². The van der Waals surface area contributed by atoms with Gasteiger partial charge in [-0.3, -0.25) is 0 Å². The van der Waals surface area contributed by atoms with Crippen LogP contribution in [0.25, 0.3) is 11.5 Å². The van der Waals surface area contributed by atoms with Crippen LogP contribution in [0.5, 0.6) is 0 Å². The molecule has 0 unspecified atom stereocenters. The highest BCUT2D eigenvalue weighted by atomic mass is 32.1. The molecule has 6 nitrogen and oxygen atoms in total. The first kappa shape index (κ1) is 16.9. The lowest BCUT2D eigenvalue weighted by Gasteiger charge is -2.32. The van der Waals surface area contributed by atoms with Crippen molar-refractivity contribution >= 4 is 17.9 Å². The predicted octanol–water partition coefficient (Wildman–Crippen LogP) is 1.36. The first-order valence-electron chi connectivity index (χ1n) is 8.89. The molecule has 3 heterocycles. The van der Waals surface area contributed by atoms with Gasteiger partial charge in [-0.2, -0.15) is 4.68 Å². The fourth-order valence-electron chi connectivity index (χ4n) is 3.26. The molecule has 26 heavy (non-hydrogen) atoms. The van der Waals surface area contributed by atoms with E-state index in [0.717, 1.165) is 38.4 Å². The van der Waals surface area contributed by atoms with Crippen molar-refractivity contribution in [1.82, 2.24) is 9.78 Å². The predicted molar refractivity (Wildman–Crippen MR) is 101 cm³/mol. The van der Waals surface area contributed by atoms with Crippen molar-refractivity contribution in [2.45, 2.75) is 13.6 Å². The number of aromatic amines is 1. The maximum Gasteiger partial charge on any atom is 0.292 e. The van der Waals surface area contributed by atoms with Gasteiger partial charge in [-0.05, 0) is 31.3 Å². The first-order valence-corrected chi connectivity index (χ1v) is 9.29. The smallest absolute Gasteiger partial charge is 0.292 e. The maximum atomic E-state index is 5.71. The molecule has 1 aliphatic rings. The van der Waals surface area contributed by atoms with Gasteiger partial charge in [0.25, 0.3) is 4.84 Å². The molecule has 1 fully saturated rings. The minimum Gasteiger partial charge on any atom is -0.409 e. The van der Waals surface area contributed by atoms with E-state index >= 15 is 0 Å². The highest BCUT2D eigenvalue weighted by Crippen LogP contribution is 2.18. The van der Waals surface area contributed by atoms with Gasteiger partial charge in [0.05, 0.1) is 26.2 Å². The molecule has 0 atom stereocenters. The number of hydrogen-bond acceptors (Lipinski definition) is 4. The molecule has 1 saturated heterocycles. The van der Waals surface area contributed by atoms with Crippen LogP contribution in [0, 0.1) is 11.8 Å². The molecule has 4 rings (SSSR count). The first-order chi connectivity index (χ1) is 12.7. The normalized spacial score (nSPS) is 15.3. The summed E-state index contributed by atoms with van der Waals surface area (Å²) in [6.45, 7) is 6.95. The van der Waals surface area contributed by atoms with E-state index in [1.54, 1.807) is 0 Å². The van der Waals surface area contributed by atoms with Crippen molar-refractivity contribution in [3.8, 4) is 11.5 Å². The van der Waals surface area contributed by atoms with Crippen molar-refractivity contribution in [3.63, 3.8) is 0 Å². The number of anilines is 1. The Hall–Kier alpha value is -2.51. The number of nitrogens with one attached hydrogen (secondary N) is 2. The number of benzene rings is 1. The molecule has 3 aromatic rings. The fraction of sp³-hybridized carbons (Fsp3) is 0.316. The molecule has 0 aliphatic carbocycles. The molecule has 0 amide bonds. The van der Waals surface area contributed by atoms with Crippen LogP contribution in [0.3, 0.4) is 0 Å². The Balaban J connectivity index is 1.41. The lowest BCUT2D eigenvalue weighted by Crippen LogP contribution is -3.14. The third-order valence-electron chi connectivity index (χ3n) is 4.81. The average Bonchev–Trinajstić information content (AvgIpc) is 3.04. The van der Waals surface area contributed by atoms with Gasteiger partial charge in [0.15, 0.2) is 19.1 Å². The lowest BCUT2D eigenvalue weighted by molar-refractivity contribution is -0.924. The Morgan fingerprint density at radius 1 is 1.12 bits per heavy atom. The molecule has 0 radical (unpaired) electrons. The molecule has 1 aromatic carbocycles. The van der Waals surface area contributed by atoms with Gasteiger partial charge in [0.1, 0.15) is 0 Å². The number of H-pyrrole nitrogens is 1. The molecule has 1 aliphatic heterocycles. The summed E-state index contributed by atoms with van der Waals surface area (Å²) in [5.74, 6) is 0.591. The molecule has 2 N–H and O–H groups in total. The van der Waals surface area contributed by atoms with Crippen molar-refractivity contribution < 1.29 is 14.3 Å². The Labute approximate surface area is 157 Å². The fourth-order valence-corrected chi connectivity index (χ4v) is 3.44. The van der Waals surface area contributed by atoms with Gasteiger partial charge < -0.3 is 14.2 Å². The summed E-state index contributed by atoms with van der Waals surface area (Å²) >= 11 is 5.37. The third-order valence-corrected chi connectivity index (χ3v) is 5.11. The summed E-state index contributed by atoms with van der Waals surface area (Å²) in [4.78, 5) is 7.39. The molecule has 134 valence electrons. The summed E-state index contributed by atoms with van der Waals surface area (Å²) in [5.41, 5.74) is 3.44. The van der Waals surface area contributed by atoms with Crippen LogP contribution in [0.2, 0.25) is 0 Å². The Kier molecular flexibility index (Phi) is 4.81. The van der Waals surface area contributed by atoms with Crippen LogP contribution < -0.4 is 14.8 Å². The van der Waals surface area contributed by atoms with Gasteiger partial charge in [0.2, 0.25) is 5.89 Å². The Bertz CT molecular complexity index is 911. The van der Waals surface area contributed by atoms with Crippen molar-refractivity contribution in [3.05, 3.63) is 59.2 Å². The Morgan fingerprint density at radius 3 is 2.50 bits per heavy atom. The van der Waals surface area contributed by atoms with Gasteiger partial charge in [-0.1, -0.05) is 17.7 Å². The number of rotatable bonds is 4. The molecule has 2 aromatic heterocycles. The zero-order chi connectivity index (χ0) is 17.9. The van der Waals surface area contributed by atoms with Gasteiger partial charge in [-0.15, -0.1) is 5.10 Å². The number of hydrogen-bond donors (Lipinski definition) is 1. The SMILES string of the molecule is Cc1ccc(-c2nn(C[NH+]3CCN(c4cc[nH+]cc4)CC3)c(=S)o2)cc1. The number of pyridine rings is 1. The highest BCUT2D eigenvalue weighted by Gasteiger charge is 2.22. The van der Waals surface area contributed by atoms with Gasteiger partial charge >= 0.3 is 0 Å². The number of piperazine rings is 1. The van der Waals surface area contributed by atoms with Crippen LogP contribution in [0.1, 0.15) is 5.56 Å². The molecule has 0 spiro atoms. The topological polar surface area (TPSA) is 52.8 Å². The summed E-state index contributed by atoms with van der Waals surface area (Å²) in [6.07, 6.45) is 3.94. The van der Waals surface area contributed by atoms with Crippen molar-refractivity contribution in [1.29, 1.82) is 0 Å². The number of aryl methyl sites for hydroxylation is 1. The Morgan fingerprint density at radius 2 is 1.81 bits per heavy atom. The third kappa shape index (κ3) is 3.68. The molecule has 0 saturated carbocycles.